The summed E-state index contributed by atoms with van der Waals surface area (Å²) in [6.45, 7) is 0.272. The highest BCUT2D eigenvalue weighted by Crippen LogP contribution is 2.41. The summed E-state index contributed by atoms with van der Waals surface area (Å²) in [5, 5.41) is 27.3. The molecular formula is C24H30N2O4. The van der Waals surface area contributed by atoms with Crippen molar-refractivity contribution >= 4 is 11.6 Å². The second-order valence-electron chi connectivity index (χ2n) is 8.44. The molecule has 0 aromatic heterocycles. The minimum absolute atomic E-state index is 0.0150. The molecule has 6 nitrogen and oxygen atoms in total. The predicted molar refractivity (Wildman–Crippen MR) is 116 cm³/mol. The summed E-state index contributed by atoms with van der Waals surface area (Å²) in [4.78, 5) is 11.6. The van der Waals surface area contributed by atoms with E-state index in [1.165, 1.54) is 30.9 Å². The average Bonchev–Trinajstić information content (AvgIpc) is 2.78. The molecule has 0 radical (unpaired) electrons. The maximum Gasteiger partial charge on any atom is 0.262 e. The summed E-state index contributed by atoms with van der Waals surface area (Å²) in [5.74, 6) is -0.0240. The third-order valence-corrected chi connectivity index (χ3v) is 6.35. The molecule has 30 heavy (non-hydrogen) atoms. The van der Waals surface area contributed by atoms with E-state index in [-0.39, 0.29) is 29.5 Å². The van der Waals surface area contributed by atoms with E-state index in [2.05, 4.69) is 34.9 Å². The number of rotatable bonds is 7. The lowest BCUT2D eigenvalue weighted by Gasteiger charge is -2.39. The summed E-state index contributed by atoms with van der Waals surface area (Å²) in [5.41, 5.74) is 2.16. The van der Waals surface area contributed by atoms with Crippen LogP contribution in [0, 0.1) is 0 Å². The molecule has 1 aliphatic heterocycles. The van der Waals surface area contributed by atoms with Crippen LogP contribution in [-0.2, 0) is 11.2 Å². The van der Waals surface area contributed by atoms with Crippen LogP contribution in [0.2, 0.25) is 0 Å². The van der Waals surface area contributed by atoms with Gasteiger partial charge in [0.15, 0.2) is 12.4 Å². The number of anilines is 1. The van der Waals surface area contributed by atoms with Crippen LogP contribution in [0.3, 0.4) is 0 Å². The van der Waals surface area contributed by atoms with Gasteiger partial charge in [0.1, 0.15) is 11.4 Å². The third-order valence-electron chi connectivity index (χ3n) is 6.35. The number of benzene rings is 2. The van der Waals surface area contributed by atoms with Gasteiger partial charge < -0.3 is 25.6 Å². The molecule has 1 saturated carbocycles. The molecule has 1 heterocycles. The lowest BCUT2D eigenvalue weighted by molar-refractivity contribution is -0.118. The fourth-order valence-corrected chi connectivity index (χ4v) is 4.64. The number of nitrogens with one attached hydrogen (secondary N) is 2. The van der Waals surface area contributed by atoms with Gasteiger partial charge in [-0.2, -0.15) is 0 Å². The van der Waals surface area contributed by atoms with Gasteiger partial charge in [-0.1, -0.05) is 49.6 Å². The largest absolute Gasteiger partial charge is 0.506 e. The van der Waals surface area contributed by atoms with Crippen molar-refractivity contribution in [1.82, 2.24) is 5.32 Å². The van der Waals surface area contributed by atoms with Crippen LogP contribution in [0.15, 0.2) is 42.5 Å². The van der Waals surface area contributed by atoms with E-state index in [9.17, 15) is 15.0 Å². The summed E-state index contributed by atoms with van der Waals surface area (Å²) in [6, 6.07) is 13.7. The highest BCUT2D eigenvalue weighted by molar-refractivity contribution is 5.97. The second kappa shape index (κ2) is 9.06. The Balaban J connectivity index is 1.46. The Morgan fingerprint density at radius 1 is 1.10 bits per heavy atom. The smallest absolute Gasteiger partial charge is 0.262 e. The van der Waals surface area contributed by atoms with Gasteiger partial charge in [0.05, 0.1) is 6.10 Å². The van der Waals surface area contributed by atoms with Gasteiger partial charge in [0, 0.05) is 17.6 Å². The standard InChI is InChI=1S/C24H30N2O4/c27-19-10-9-18(23-22(19)26-21(29)16-30-23)20(28)15-25-24(12-5-2-6-13-24)14-11-17-7-3-1-4-8-17/h1,3-4,7-10,20,25,27-28H,2,5-6,11-16H2,(H,26,29). The quantitative estimate of drug-likeness (QED) is 0.523. The van der Waals surface area contributed by atoms with Gasteiger partial charge >= 0.3 is 0 Å². The third kappa shape index (κ3) is 4.60. The molecule has 1 amide bonds. The van der Waals surface area contributed by atoms with E-state index in [0.717, 1.165) is 25.7 Å². The molecule has 2 aromatic carbocycles. The Labute approximate surface area is 177 Å². The summed E-state index contributed by atoms with van der Waals surface area (Å²) < 4.78 is 5.53. The Morgan fingerprint density at radius 2 is 1.87 bits per heavy atom. The highest BCUT2D eigenvalue weighted by atomic mass is 16.5. The molecule has 6 heteroatoms. The fourth-order valence-electron chi connectivity index (χ4n) is 4.64. The van der Waals surface area contributed by atoms with E-state index < -0.39 is 6.10 Å². The zero-order chi connectivity index (χ0) is 21.0. The first kappa shape index (κ1) is 20.7. The molecule has 1 unspecified atom stereocenters. The Bertz CT molecular complexity index is 878. The van der Waals surface area contributed by atoms with Crippen LogP contribution in [0.1, 0.15) is 55.8 Å². The summed E-state index contributed by atoms with van der Waals surface area (Å²) >= 11 is 0. The van der Waals surface area contributed by atoms with Crippen molar-refractivity contribution in [2.24, 2.45) is 0 Å². The van der Waals surface area contributed by atoms with Crippen molar-refractivity contribution in [1.29, 1.82) is 0 Å². The van der Waals surface area contributed by atoms with Crippen molar-refractivity contribution < 1.29 is 19.7 Å². The van der Waals surface area contributed by atoms with Crippen LogP contribution in [0.4, 0.5) is 5.69 Å². The van der Waals surface area contributed by atoms with Crippen LogP contribution >= 0.6 is 0 Å². The normalized spacial score (nSPS) is 18.8. The maximum atomic E-state index is 11.6. The van der Waals surface area contributed by atoms with E-state index >= 15 is 0 Å². The number of hydrogen-bond donors (Lipinski definition) is 4. The van der Waals surface area contributed by atoms with E-state index in [4.69, 9.17) is 4.74 Å². The Morgan fingerprint density at radius 3 is 2.63 bits per heavy atom. The zero-order valence-electron chi connectivity index (χ0n) is 17.2. The SMILES string of the molecule is O=C1COc2c(C(O)CNC3(CCc4ccccc4)CCCCC3)ccc(O)c2N1. The van der Waals surface area contributed by atoms with Gasteiger partial charge in [-0.25, -0.2) is 0 Å². The Hall–Kier alpha value is -2.57. The van der Waals surface area contributed by atoms with Crippen molar-refractivity contribution in [2.45, 2.75) is 56.6 Å². The number of phenolic OH excluding ortho intramolecular Hbond substituents is 1. The molecule has 4 rings (SSSR count). The van der Waals surface area contributed by atoms with Gasteiger partial charge in [-0.3, -0.25) is 4.79 Å². The number of phenols is 1. The molecule has 0 bridgehead atoms. The molecule has 160 valence electrons. The molecular weight excluding hydrogens is 380 g/mol. The van der Waals surface area contributed by atoms with E-state index in [0.29, 0.717) is 17.9 Å². The van der Waals surface area contributed by atoms with Crippen molar-refractivity contribution in [3.05, 3.63) is 53.6 Å². The van der Waals surface area contributed by atoms with Crippen molar-refractivity contribution in [2.75, 3.05) is 18.5 Å². The number of ether oxygens (including phenoxy) is 1. The minimum Gasteiger partial charge on any atom is -0.506 e. The molecule has 0 spiro atoms. The summed E-state index contributed by atoms with van der Waals surface area (Å²) in [7, 11) is 0. The lowest BCUT2D eigenvalue weighted by Crippen LogP contribution is -2.48. The minimum atomic E-state index is -0.801. The van der Waals surface area contributed by atoms with Gasteiger partial charge in [0.2, 0.25) is 0 Å². The van der Waals surface area contributed by atoms with Crippen LogP contribution in [0.5, 0.6) is 11.5 Å². The van der Waals surface area contributed by atoms with Crippen molar-refractivity contribution in [3.63, 3.8) is 0 Å². The molecule has 4 N–H and O–H groups in total. The van der Waals surface area contributed by atoms with Gasteiger partial charge in [-0.15, -0.1) is 0 Å². The number of aliphatic hydroxyl groups is 1. The number of β-amino-alcohol motifs (C(OH)–C–C–N with tert-alkyl or cyclic N) is 1. The van der Waals surface area contributed by atoms with Gasteiger partial charge in [-0.05, 0) is 43.4 Å². The first-order chi connectivity index (χ1) is 14.6. The first-order valence-electron chi connectivity index (χ1n) is 10.8. The Kier molecular flexibility index (Phi) is 6.25. The topological polar surface area (TPSA) is 90.8 Å². The van der Waals surface area contributed by atoms with Crippen LogP contribution < -0.4 is 15.4 Å². The molecule has 0 saturated heterocycles. The summed E-state index contributed by atoms with van der Waals surface area (Å²) in [6.07, 6.45) is 7.10. The molecule has 2 aliphatic rings. The molecule has 1 atom stereocenters. The number of amides is 1. The van der Waals surface area contributed by atoms with E-state index in [1.807, 2.05) is 6.07 Å². The van der Waals surface area contributed by atoms with Gasteiger partial charge in [0.25, 0.3) is 5.91 Å². The predicted octanol–water partition coefficient (Wildman–Crippen LogP) is 3.68. The fraction of sp³-hybridized carbons (Fsp3) is 0.458. The highest BCUT2D eigenvalue weighted by Gasteiger charge is 2.33. The number of aryl methyl sites for hydroxylation is 1. The molecule has 1 fully saturated rings. The number of hydrogen-bond acceptors (Lipinski definition) is 5. The van der Waals surface area contributed by atoms with Crippen LogP contribution in [-0.4, -0.2) is 34.8 Å². The maximum absolute atomic E-state index is 11.6. The number of carbonyl (C=O) groups excluding carboxylic acids is 1. The monoisotopic (exact) mass is 410 g/mol. The average molecular weight is 411 g/mol. The van der Waals surface area contributed by atoms with E-state index in [1.54, 1.807) is 6.07 Å². The molecule has 1 aliphatic carbocycles. The lowest BCUT2D eigenvalue weighted by atomic mass is 9.77. The first-order valence-corrected chi connectivity index (χ1v) is 10.8. The van der Waals surface area contributed by atoms with Crippen LogP contribution in [0.25, 0.3) is 0 Å². The number of aliphatic hydroxyl groups excluding tert-OH is 1. The number of fused-ring (bicyclic) bond motifs is 1. The second-order valence-corrected chi connectivity index (χ2v) is 8.44. The van der Waals surface area contributed by atoms with Crippen molar-refractivity contribution in [3.8, 4) is 11.5 Å². The number of carbonyl (C=O) groups is 1. The number of aromatic hydroxyl groups is 1. The molecule has 2 aromatic rings. The zero-order valence-corrected chi connectivity index (χ0v) is 17.2.